The van der Waals surface area contributed by atoms with Crippen molar-refractivity contribution in [2.45, 2.75) is 315 Å². The van der Waals surface area contributed by atoms with Gasteiger partial charge in [0.2, 0.25) is 5.91 Å². The van der Waals surface area contributed by atoms with Crippen molar-refractivity contribution in [1.82, 2.24) is 5.32 Å². The van der Waals surface area contributed by atoms with Gasteiger partial charge in [-0.15, -0.1) is 0 Å². The van der Waals surface area contributed by atoms with E-state index in [9.17, 15) is 19.8 Å². The van der Waals surface area contributed by atoms with Crippen LogP contribution in [0.1, 0.15) is 303 Å². The summed E-state index contributed by atoms with van der Waals surface area (Å²) in [5.41, 5.74) is 0. The Morgan fingerprint density at radius 1 is 0.418 bits per heavy atom. The lowest BCUT2D eigenvalue weighted by atomic mass is 10.0. The predicted octanol–water partition coefficient (Wildman–Crippen LogP) is 18.2. The summed E-state index contributed by atoms with van der Waals surface area (Å²) in [4.78, 5) is 24.5. The fourth-order valence-corrected chi connectivity index (χ4v) is 8.78. The normalized spacial score (nSPS) is 13.0. The number of unbranched alkanes of at least 4 members (excludes halogenated alkanes) is 37. The molecular formula is C61H113NO5. The predicted molar refractivity (Wildman–Crippen MR) is 292 cm³/mol. The smallest absolute Gasteiger partial charge is 0.305 e. The number of aliphatic hydroxyl groups is 2. The Balaban J connectivity index is 3.43. The summed E-state index contributed by atoms with van der Waals surface area (Å²) in [6, 6.07) is -0.633. The molecule has 0 heterocycles. The van der Waals surface area contributed by atoms with Crippen LogP contribution in [-0.2, 0) is 14.3 Å². The van der Waals surface area contributed by atoms with E-state index in [-0.39, 0.29) is 18.5 Å². The minimum absolute atomic E-state index is 0.000362. The fourth-order valence-electron chi connectivity index (χ4n) is 8.78. The first-order valence-electron chi connectivity index (χ1n) is 29.4. The number of rotatable bonds is 54. The molecule has 0 rings (SSSR count). The van der Waals surface area contributed by atoms with Crippen molar-refractivity contribution in [3.8, 4) is 0 Å². The van der Waals surface area contributed by atoms with Crippen LogP contribution in [0.3, 0.4) is 0 Å². The fraction of sp³-hybridized carbons (Fsp3) is 0.836. The van der Waals surface area contributed by atoms with Gasteiger partial charge in [-0.1, -0.05) is 249 Å². The van der Waals surface area contributed by atoms with Gasteiger partial charge in [-0.3, -0.25) is 9.59 Å². The average Bonchev–Trinajstić information content (AvgIpc) is 3.33. The number of ether oxygens (including phenoxy) is 1. The third kappa shape index (κ3) is 53.0. The molecule has 0 aliphatic heterocycles. The highest BCUT2D eigenvalue weighted by molar-refractivity contribution is 5.76. The maximum atomic E-state index is 12.4. The molecule has 0 aromatic carbocycles. The Morgan fingerprint density at radius 2 is 0.746 bits per heavy atom. The van der Waals surface area contributed by atoms with E-state index in [1.165, 1.54) is 218 Å². The van der Waals surface area contributed by atoms with Gasteiger partial charge >= 0.3 is 5.97 Å². The van der Waals surface area contributed by atoms with Crippen molar-refractivity contribution >= 4 is 11.9 Å². The molecule has 2 atom stereocenters. The van der Waals surface area contributed by atoms with Gasteiger partial charge in [0.1, 0.15) is 0 Å². The largest absolute Gasteiger partial charge is 0.466 e. The number of carbonyl (C=O) groups excluding carboxylic acids is 2. The van der Waals surface area contributed by atoms with Crippen molar-refractivity contribution < 1.29 is 24.5 Å². The minimum Gasteiger partial charge on any atom is -0.466 e. The van der Waals surface area contributed by atoms with E-state index >= 15 is 0 Å². The Morgan fingerprint density at radius 3 is 1.16 bits per heavy atom. The second-order valence-corrected chi connectivity index (χ2v) is 20.0. The second-order valence-electron chi connectivity index (χ2n) is 20.0. The van der Waals surface area contributed by atoms with Crippen LogP contribution in [0.15, 0.2) is 48.6 Å². The maximum absolute atomic E-state index is 12.4. The molecule has 0 spiro atoms. The lowest BCUT2D eigenvalue weighted by Crippen LogP contribution is -2.45. The molecule has 6 nitrogen and oxygen atoms in total. The number of carbonyl (C=O) groups is 2. The number of allylic oxidation sites excluding steroid dienone is 7. The molecule has 0 bridgehead atoms. The van der Waals surface area contributed by atoms with Crippen LogP contribution in [0, 0.1) is 0 Å². The molecule has 392 valence electrons. The first kappa shape index (κ1) is 64.8. The van der Waals surface area contributed by atoms with Gasteiger partial charge in [0.05, 0.1) is 25.4 Å². The van der Waals surface area contributed by atoms with Gasteiger partial charge in [-0.2, -0.15) is 0 Å². The highest BCUT2D eigenvalue weighted by atomic mass is 16.5. The third-order valence-electron chi connectivity index (χ3n) is 13.3. The zero-order valence-corrected chi connectivity index (χ0v) is 44.6. The number of nitrogens with one attached hydrogen (secondary N) is 1. The number of hydrogen-bond acceptors (Lipinski definition) is 5. The quantitative estimate of drug-likeness (QED) is 0.0321. The van der Waals surface area contributed by atoms with Crippen molar-refractivity contribution in [2.24, 2.45) is 0 Å². The molecule has 0 aromatic rings. The summed E-state index contributed by atoms with van der Waals surface area (Å²) < 4.78 is 5.48. The second kappa shape index (κ2) is 56.4. The van der Waals surface area contributed by atoms with Crippen molar-refractivity contribution in [2.75, 3.05) is 13.2 Å². The van der Waals surface area contributed by atoms with E-state index < -0.39 is 12.1 Å². The lowest BCUT2D eigenvalue weighted by Gasteiger charge is -2.20. The molecule has 2 unspecified atom stereocenters. The van der Waals surface area contributed by atoms with E-state index in [4.69, 9.17) is 4.74 Å². The highest BCUT2D eigenvalue weighted by Gasteiger charge is 2.18. The highest BCUT2D eigenvalue weighted by Crippen LogP contribution is 2.16. The Hall–Kier alpha value is -2.18. The molecular weight excluding hydrogens is 827 g/mol. The van der Waals surface area contributed by atoms with Crippen LogP contribution in [0.2, 0.25) is 0 Å². The molecule has 0 aliphatic rings. The molecule has 67 heavy (non-hydrogen) atoms. The molecule has 0 saturated heterocycles. The molecule has 6 heteroatoms. The first-order chi connectivity index (χ1) is 33.0. The van der Waals surface area contributed by atoms with Gasteiger partial charge in [-0.25, -0.2) is 0 Å². The van der Waals surface area contributed by atoms with Gasteiger partial charge in [0, 0.05) is 12.8 Å². The van der Waals surface area contributed by atoms with E-state index in [0.717, 1.165) is 57.8 Å². The van der Waals surface area contributed by atoms with Gasteiger partial charge in [0.15, 0.2) is 0 Å². The maximum Gasteiger partial charge on any atom is 0.305 e. The third-order valence-corrected chi connectivity index (χ3v) is 13.3. The number of hydrogen-bond donors (Lipinski definition) is 3. The molecule has 0 aromatic heterocycles. The molecule has 0 radical (unpaired) electrons. The zero-order chi connectivity index (χ0) is 48.6. The SMILES string of the molecule is CCCCCC/C=C\C/C=C\CCCCCCCCCC(=O)OCCCCCCCCCCCC/C=C\CCCCCCCCCC(=O)NC(CO)C(O)/C=C/CCCCCCCCCCC. The monoisotopic (exact) mass is 940 g/mol. The average molecular weight is 941 g/mol. The van der Waals surface area contributed by atoms with Crippen LogP contribution in [0.4, 0.5) is 0 Å². The van der Waals surface area contributed by atoms with E-state index in [1.54, 1.807) is 6.08 Å². The minimum atomic E-state index is -0.848. The Labute approximate surface area is 416 Å². The molecule has 0 fully saturated rings. The van der Waals surface area contributed by atoms with Crippen molar-refractivity contribution in [3.63, 3.8) is 0 Å². The van der Waals surface area contributed by atoms with Gasteiger partial charge in [-0.05, 0) is 89.9 Å². The number of esters is 1. The summed E-state index contributed by atoms with van der Waals surface area (Å²) in [6.07, 6.45) is 71.4. The van der Waals surface area contributed by atoms with Crippen molar-refractivity contribution in [1.29, 1.82) is 0 Å². The van der Waals surface area contributed by atoms with Gasteiger partial charge < -0.3 is 20.3 Å². The summed E-state index contributed by atoms with van der Waals surface area (Å²) in [5, 5.41) is 23.0. The lowest BCUT2D eigenvalue weighted by molar-refractivity contribution is -0.143. The summed E-state index contributed by atoms with van der Waals surface area (Å²) in [7, 11) is 0. The number of amides is 1. The topological polar surface area (TPSA) is 95.9 Å². The molecule has 3 N–H and O–H groups in total. The van der Waals surface area contributed by atoms with Crippen LogP contribution in [0.5, 0.6) is 0 Å². The Kier molecular flexibility index (Phi) is 54.6. The summed E-state index contributed by atoms with van der Waals surface area (Å²) in [5.74, 6) is -0.0781. The summed E-state index contributed by atoms with van der Waals surface area (Å²) >= 11 is 0. The van der Waals surface area contributed by atoms with Crippen LogP contribution in [0.25, 0.3) is 0 Å². The van der Waals surface area contributed by atoms with E-state index in [2.05, 4.69) is 55.6 Å². The van der Waals surface area contributed by atoms with Gasteiger partial charge in [0.25, 0.3) is 0 Å². The van der Waals surface area contributed by atoms with Crippen LogP contribution in [-0.4, -0.2) is 47.4 Å². The summed E-state index contributed by atoms with van der Waals surface area (Å²) in [6.45, 7) is 4.86. The Bertz CT molecular complexity index is 1130. The molecule has 0 saturated carbocycles. The van der Waals surface area contributed by atoms with E-state index in [1.807, 2.05) is 6.08 Å². The molecule has 1 amide bonds. The van der Waals surface area contributed by atoms with Crippen LogP contribution < -0.4 is 5.32 Å². The van der Waals surface area contributed by atoms with Crippen LogP contribution >= 0.6 is 0 Å². The first-order valence-corrected chi connectivity index (χ1v) is 29.4. The zero-order valence-electron chi connectivity index (χ0n) is 44.6. The standard InChI is InChI=1S/C61H113NO5/c1-3-5-7-9-11-13-15-16-17-18-25-28-31-35-39-43-47-51-55-61(66)67-56-52-48-44-40-36-32-29-26-23-21-19-20-22-24-27-30-34-38-42-46-50-54-60(65)62-58(57-63)59(64)53-49-45-41-37-33-14-12-10-8-6-4-2/h13,15,17-18,20,22,49,53,58-59,63-64H,3-12,14,16,19,21,23-48,50-52,54-57H2,1-2H3,(H,62,65)/b15-13-,18-17-,22-20-,53-49+. The van der Waals surface area contributed by atoms with E-state index in [0.29, 0.717) is 19.4 Å². The molecule has 0 aliphatic carbocycles. The van der Waals surface area contributed by atoms with Crippen molar-refractivity contribution in [3.05, 3.63) is 48.6 Å². The number of aliphatic hydroxyl groups excluding tert-OH is 2.